The standard InChI is InChI=1S/C17H14N2O2/c1-12-7-9-13(10-8-12)18-15-11-16(20)19(17(15)21)14-5-3-2-4-6-14/h2-11,18H,1H3. The van der Waals surface area contributed by atoms with Gasteiger partial charge in [-0.25, -0.2) is 4.90 Å². The van der Waals surface area contributed by atoms with Gasteiger partial charge in [-0.15, -0.1) is 0 Å². The van der Waals surface area contributed by atoms with Crippen molar-refractivity contribution in [2.75, 3.05) is 10.2 Å². The second kappa shape index (κ2) is 5.25. The number of carbonyl (C=O) groups excluding carboxylic acids is 2. The Kier molecular flexibility index (Phi) is 3.28. The number of hydrogen-bond donors (Lipinski definition) is 1. The highest BCUT2D eigenvalue weighted by Gasteiger charge is 2.32. The van der Waals surface area contributed by atoms with Crippen molar-refractivity contribution in [3.63, 3.8) is 0 Å². The van der Waals surface area contributed by atoms with Crippen molar-refractivity contribution in [1.29, 1.82) is 0 Å². The van der Waals surface area contributed by atoms with Gasteiger partial charge in [0.25, 0.3) is 11.8 Å². The van der Waals surface area contributed by atoms with Crippen LogP contribution in [0.3, 0.4) is 0 Å². The summed E-state index contributed by atoms with van der Waals surface area (Å²) in [5, 5.41) is 3.00. The van der Waals surface area contributed by atoms with Gasteiger partial charge in [-0.3, -0.25) is 9.59 Å². The summed E-state index contributed by atoms with van der Waals surface area (Å²) in [6.45, 7) is 1.99. The molecule has 0 saturated carbocycles. The molecule has 1 heterocycles. The third kappa shape index (κ3) is 2.56. The van der Waals surface area contributed by atoms with Crippen molar-refractivity contribution < 1.29 is 9.59 Å². The van der Waals surface area contributed by atoms with Gasteiger partial charge in [0.1, 0.15) is 5.70 Å². The number of imide groups is 1. The van der Waals surface area contributed by atoms with Crippen LogP contribution in [0.25, 0.3) is 0 Å². The zero-order chi connectivity index (χ0) is 14.8. The Hall–Kier alpha value is -2.88. The molecule has 0 bridgehead atoms. The molecule has 2 amide bonds. The molecule has 2 aromatic carbocycles. The van der Waals surface area contributed by atoms with Gasteiger partial charge in [-0.05, 0) is 31.2 Å². The number of rotatable bonds is 3. The summed E-state index contributed by atoms with van der Waals surface area (Å²) in [4.78, 5) is 25.6. The molecule has 0 atom stereocenters. The predicted octanol–water partition coefficient (Wildman–Crippen LogP) is 2.86. The molecule has 0 aromatic heterocycles. The first-order chi connectivity index (χ1) is 10.1. The van der Waals surface area contributed by atoms with Gasteiger partial charge in [0.2, 0.25) is 0 Å². The van der Waals surface area contributed by atoms with Crippen molar-refractivity contribution in [1.82, 2.24) is 0 Å². The summed E-state index contributed by atoms with van der Waals surface area (Å²) in [6.07, 6.45) is 1.33. The molecule has 0 fully saturated rings. The maximum absolute atomic E-state index is 12.4. The average Bonchev–Trinajstić information content (AvgIpc) is 2.77. The highest BCUT2D eigenvalue weighted by Crippen LogP contribution is 2.23. The zero-order valence-corrected chi connectivity index (χ0v) is 11.5. The van der Waals surface area contributed by atoms with E-state index in [1.165, 1.54) is 6.08 Å². The third-order valence-corrected chi connectivity index (χ3v) is 3.27. The molecule has 0 unspecified atom stereocenters. The van der Waals surface area contributed by atoms with Crippen LogP contribution in [-0.2, 0) is 9.59 Å². The highest BCUT2D eigenvalue weighted by molar-refractivity contribution is 6.31. The lowest BCUT2D eigenvalue weighted by molar-refractivity contribution is -0.120. The third-order valence-electron chi connectivity index (χ3n) is 3.27. The van der Waals surface area contributed by atoms with Crippen LogP contribution in [0.1, 0.15) is 5.56 Å². The fourth-order valence-corrected chi connectivity index (χ4v) is 2.17. The quantitative estimate of drug-likeness (QED) is 0.878. The molecule has 1 aliphatic heterocycles. The molecule has 0 radical (unpaired) electrons. The number of amides is 2. The van der Waals surface area contributed by atoms with Crippen molar-refractivity contribution in [3.05, 3.63) is 71.9 Å². The fourth-order valence-electron chi connectivity index (χ4n) is 2.17. The van der Waals surface area contributed by atoms with Crippen LogP contribution < -0.4 is 10.2 Å². The minimum absolute atomic E-state index is 0.285. The SMILES string of the molecule is Cc1ccc(NC2=CC(=O)N(c3ccccc3)C2=O)cc1. The minimum atomic E-state index is -0.341. The molecule has 3 rings (SSSR count). The number of carbonyl (C=O) groups is 2. The van der Waals surface area contributed by atoms with Gasteiger partial charge in [-0.2, -0.15) is 0 Å². The number of para-hydroxylation sites is 1. The Labute approximate surface area is 122 Å². The van der Waals surface area contributed by atoms with E-state index < -0.39 is 0 Å². The van der Waals surface area contributed by atoms with E-state index in [9.17, 15) is 9.59 Å². The van der Waals surface area contributed by atoms with Crippen molar-refractivity contribution in [3.8, 4) is 0 Å². The molecule has 0 spiro atoms. The van der Waals surface area contributed by atoms with Crippen LogP contribution in [0.2, 0.25) is 0 Å². The number of anilines is 2. The number of nitrogens with one attached hydrogen (secondary N) is 1. The van der Waals surface area contributed by atoms with Gasteiger partial charge >= 0.3 is 0 Å². The summed E-state index contributed by atoms with van der Waals surface area (Å²) in [7, 11) is 0. The summed E-state index contributed by atoms with van der Waals surface area (Å²) < 4.78 is 0. The smallest absolute Gasteiger partial charge is 0.281 e. The topological polar surface area (TPSA) is 49.4 Å². The maximum Gasteiger partial charge on any atom is 0.281 e. The molecule has 0 saturated heterocycles. The van der Waals surface area contributed by atoms with Crippen molar-refractivity contribution in [2.45, 2.75) is 6.92 Å². The van der Waals surface area contributed by atoms with E-state index in [0.717, 1.165) is 16.2 Å². The molecule has 0 aliphatic carbocycles. The predicted molar refractivity (Wildman–Crippen MR) is 81.8 cm³/mol. The van der Waals surface area contributed by atoms with E-state index in [1.54, 1.807) is 24.3 Å². The van der Waals surface area contributed by atoms with Gasteiger partial charge in [0, 0.05) is 11.8 Å². The Morgan fingerprint density at radius 2 is 1.57 bits per heavy atom. The molecule has 4 nitrogen and oxygen atoms in total. The molecular weight excluding hydrogens is 264 g/mol. The van der Waals surface area contributed by atoms with E-state index in [4.69, 9.17) is 0 Å². The lowest BCUT2D eigenvalue weighted by Crippen LogP contribution is -2.31. The van der Waals surface area contributed by atoms with E-state index in [1.807, 2.05) is 37.3 Å². The van der Waals surface area contributed by atoms with E-state index in [-0.39, 0.29) is 17.5 Å². The van der Waals surface area contributed by atoms with Crippen molar-refractivity contribution >= 4 is 23.2 Å². The summed E-state index contributed by atoms with van der Waals surface area (Å²) >= 11 is 0. The van der Waals surface area contributed by atoms with Gasteiger partial charge in [-0.1, -0.05) is 35.9 Å². The lowest BCUT2D eigenvalue weighted by atomic mass is 10.2. The summed E-state index contributed by atoms with van der Waals surface area (Å²) in [6, 6.07) is 16.5. The Bertz CT molecular complexity index is 718. The first-order valence-corrected chi connectivity index (χ1v) is 6.64. The highest BCUT2D eigenvalue weighted by atomic mass is 16.2. The van der Waals surface area contributed by atoms with Crippen LogP contribution in [0.4, 0.5) is 11.4 Å². The summed E-state index contributed by atoms with van der Waals surface area (Å²) in [5.41, 5.74) is 2.77. The molecule has 104 valence electrons. The first-order valence-electron chi connectivity index (χ1n) is 6.64. The number of nitrogens with zero attached hydrogens (tertiary/aromatic N) is 1. The lowest BCUT2D eigenvalue weighted by Gasteiger charge is -2.15. The number of hydrogen-bond acceptors (Lipinski definition) is 3. The van der Waals surface area contributed by atoms with Gasteiger partial charge in [0.15, 0.2) is 0 Å². The number of aryl methyl sites for hydroxylation is 1. The second-order valence-corrected chi connectivity index (χ2v) is 4.86. The number of benzene rings is 2. The van der Waals surface area contributed by atoms with E-state index >= 15 is 0 Å². The van der Waals surface area contributed by atoms with Crippen LogP contribution in [0.5, 0.6) is 0 Å². The Morgan fingerprint density at radius 1 is 0.905 bits per heavy atom. The van der Waals surface area contributed by atoms with Gasteiger partial charge < -0.3 is 5.32 Å². The van der Waals surface area contributed by atoms with Crippen LogP contribution in [0.15, 0.2) is 66.4 Å². The molecular formula is C17H14N2O2. The van der Waals surface area contributed by atoms with Crippen LogP contribution in [-0.4, -0.2) is 11.8 Å². The van der Waals surface area contributed by atoms with Crippen LogP contribution in [0, 0.1) is 6.92 Å². The first kappa shape index (κ1) is 13.1. The molecule has 1 aliphatic rings. The maximum atomic E-state index is 12.4. The largest absolute Gasteiger partial charge is 0.351 e. The normalized spacial score (nSPS) is 14.3. The zero-order valence-electron chi connectivity index (χ0n) is 11.5. The summed E-state index contributed by atoms with van der Waals surface area (Å²) in [5.74, 6) is -0.674. The Morgan fingerprint density at radius 3 is 2.24 bits per heavy atom. The second-order valence-electron chi connectivity index (χ2n) is 4.86. The average molecular weight is 278 g/mol. The fraction of sp³-hybridized carbons (Fsp3) is 0.0588. The van der Waals surface area contributed by atoms with E-state index in [2.05, 4.69) is 5.32 Å². The van der Waals surface area contributed by atoms with Crippen molar-refractivity contribution in [2.24, 2.45) is 0 Å². The van der Waals surface area contributed by atoms with E-state index in [0.29, 0.717) is 5.69 Å². The van der Waals surface area contributed by atoms with Crippen LogP contribution >= 0.6 is 0 Å². The molecule has 4 heteroatoms. The Balaban J connectivity index is 1.83. The molecule has 1 N–H and O–H groups in total. The monoisotopic (exact) mass is 278 g/mol. The molecule has 2 aromatic rings. The van der Waals surface area contributed by atoms with Gasteiger partial charge in [0.05, 0.1) is 5.69 Å². The minimum Gasteiger partial charge on any atom is -0.351 e. The molecule has 21 heavy (non-hydrogen) atoms.